The van der Waals surface area contributed by atoms with E-state index >= 15 is 0 Å². The molecule has 4 saturated carbocycles. The van der Waals surface area contributed by atoms with Crippen molar-refractivity contribution in [1.29, 1.82) is 0 Å². The molecule has 0 radical (unpaired) electrons. The summed E-state index contributed by atoms with van der Waals surface area (Å²) in [6.07, 6.45) is 7.31. The molecule has 3 unspecified atom stereocenters. The molecule has 286 valence electrons. The van der Waals surface area contributed by atoms with Gasteiger partial charge in [-0.1, -0.05) is 80.5 Å². The topological polar surface area (TPSA) is 110 Å². The lowest BCUT2D eigenvalue weighted by atomic mass is 9.33. The van der Waals surface area contributed by atoms with Crippen LogP contribution in [0.2, 0.25) is 0 Å². The maximum atomic E-state index is 14.8. The number of ether oxygens (including phenoxy) is 1. The highest BCUT2D eigenvalue weighted by atomic mass is 16.5. The number of carboxylic acid groups (broad SMARTS) is 1. The number of amides is 1. The Morgan fingerprint density at radius 1 is 0.865 bits per heavy atom. The maximum Gasteiger partial charge on any atom is 0.309 e. The number of aliphatic carboxylic acids is 1. The van der Waals surface area contributed by atoms with E-state index in [1.165, 1.54) is 0 Å². The molecule has 1 aromatic carbocycles. The third-order valence-corrected chi connectivity index (χ3v) is 16.1. The van der Waals surface area contributed by atoms with E-state index < -0.39 is 22.8 Å². The van der Waals surface area contributed by atoms with E-state index in [1.807, 2.05) is 18.2 Å². The van der Waals surface area contributed by atoms with Gasteiger partial charge in [0, 0.05) is 17.5 Å². The van der Waals surface area contributed by atoms with Crippen molar-refractivity contribution in [2.45, 2.75) is 152 Å². The Morgan fingerprint density at radius 3 is 2.17 bits per heavy atom. The first-order valence-corrected chi connectivity index (χ1v) is 20.2. The summed E-state index contributed by atoms with van der Waals surface area (Å²) in [5.74, 6) is 0.0272. The molecular formula is C45H65NO6. The normalized spacial score (nSPS) is 36.8. The number of carbonyl (C=O) groups is 4. The Labute approximate surface area is 312 Å². The third-order valence-electron chi connectivity index (χ3n) is 16.1. The second-order valence-corrected chi connectivity index (χ2v) is 20.2. The summed E-state index contributed by atoms with van der Waals surface area (Å²) in [5, 5.41) is 13.0. The molecule has 6 rings (SSSR count). The van der Waals surface area contributed by atoms with Gasteiger partial charge in [-0.2, -0.15) is 0 Å². The number of carbonyl (C=O) groups excluding carboxylic acids is 3. The number of anilines is 1. The van der Waals surface area contributed by atoms with Gasteiger partial charge in [0.1, 0.15) is 6.10 Å². The van der Waals surface area contributed by atoms with Crippen molar-refractivity contribution in [3.8, 4) is 0 Å². The molecule has 5 aliphatic carbocycles. The minimum atomic E-state index is -1.17. The number of carboxylic acids is 1. The number of hydrogen-bond donors (Lipinski definition) is 2. The highest BCUT2D eigenvalue weighted by Gasteiger charge is 2.71. The number of para-hydroxylation sites is 1. The van der Waals surface area contributed by atoms with E-state index in [9.17, 15) is 24.3 Å². The second kappa shape index (κ2) is 12.8. The smallest absolute Gasteiger partial charge is 0.309 e. The minimum absolute atomic E-state index is 0.00837. The average molecular weight is 716 g/mol. The molecule has 1 aromatic rings. The molecule has 4 fully saturated rings. The van der Waals surface area contributed by atoms with E-state index in [0.29, 0.717) is 18.3 Å². The van der Waals surface area contributed by atoms with Crippen molar-refractivity contribution < 1.29 is 29.0 Å². The number of esters is 1. The van der Waals surface area contributed by atoms with Crippen molar-refractivity contribution in [3.05, 3.63) is 41.0 Å². The predicted molar refractivity (Wildman–Crippen MR) is 205 cm³/mol. The zero-order valence-electron chi connectivity index (χ0n) is 33.8. The second-order valence-electron chi connectivity index (χ2n) is 20.2. The van der Waals surface area contributed by atoms with Gasteiger partial charge in [-0.05, 0) is 134 Å². The van der Waals surface area contributed by atoms with Gasteiger partial charge in [0.15, 0.2) is 5.78 Å². The first kappa shape index (κ1) is 38.8. The van der Waals surface area contributed by atoms with Gasteiger partial charge in [0.25, 0.3) is 0 Å². The van der Waals surface area contributed by atoms with Crippen LogP contribution >= 0.6 is 0 Å². The van der Waals surface area contributed by atoms with Crippen LogP contribution in [0.15, 0.2) is 35.4 Å². The summed E-state index contributed by atoms with van der Waals surface area (Å²) in [4.78, 5) is 53.7. The fourth-order valence-corrected chi connectivity index (χ4v) is 13.1. The summed E-state index contributed by atoms with van der Waals surface area (Å²) in [6, 6.07) is 8.09. The van der Waals surface area contributed by atoms with Gasteiger partial charge in [-0.3, -0.25) is 19.2 Å². The van der Waals surface area contributed by atoms with E-state index in [-0.39, 0.29) is 70.0 Å². The van der Waals surface area contributed by atoms with Gasteiger partial charge >= 0.3 is 11.9 Å². The molecule has 0 spiro atoms. The van der Waals surface area contributed by atoms with Crippen molar-refractivity contribution in [1.82, 2.24) is 0 Å². The summed E-state index contributed by atoms with van der Waals surface area (Å²) in [7, 11) is 0. The van der Waals surface area contributed by atoms with Gasteiger partial charge in [-0.15, -0.1) is 0 Å². The van der Waals surface area contributed by atoms with Crippen LogP contribution in [0, 0.1) is 56.2 Å². The number of hydrogen-bond acceptors (Lipinski definition) is 5. The Balaban J connectivity index is 1.31. The molecule has 1 amide bonds. The van der Waals surface area contributed by atoms with E-state index in [4.69, 9.17) is 4.74 Å². The number of Topliss-reactive ketones (excluding diaryl/α,β-unsaturated/α-hetero) is 1. The lowest BCUT2D eigenvalue weighted by Crippen LogP contribution is -2.66. The number of fused-ring (bicyclic) bond motifs is 7. The van der Waals surface area contributed by atoms with Crippen LogP contribution in [0.3, 0.4) is 0 Å². The third kappa shape index (κ3) is 5.63. The van der Waals surface area contributed by atoms with Crippen molar-refractivity contribution in [2.24, 2.45) is 56.2 Å². The van der Waals surface area contributed by atoms with Crippen LogP contribution in [0.25, 0.3) is 0 Å². The zero-order chi connectivity index (χ0) is 38.4. The van der Waals surface area contributed by atoms with Gasteiger partial charge in [0.2, 0.25) is 5.91 Å². The lowest BCUT2D eigenvalue weighted by molar-refractivity contribution is -0.233. The molecule has 5 aliphatic rings. The first-order valence-electron chi connectivity index (χ1n) is 20.2. The SMILES string of the molecule is CC(C)C1=C2C3CCC4[C@@]5(C)CC[C@H](OC(=O)CC(C)(C)C(=O)O)C(C)(C)C5CC[C@@]4(C)[C@]3(C)CC[C@@]2(C(=O)Nc2ccccc2C(C)C)CC1=O. The number of allylic oxidation sites excluding steroid dienone is 1. The number of rotatable bonds is 8. The molecule has 0 aromatic heterocycles. The van der Waals surface area contributed by atoms with Crippen LogP contribution in [-0.2, 0) is 23.9 Å². The molecule has 0 saturated heterocycles. The fourth-order valence-electron chi connectivity index (χ4n) is 13.1. The quantitative estimate of drug-likeness (QED) is 0.259. The van der Waals surface area contributed by atoms with Crippen molar-refractivity contribution >= 4 is 29.3 Å². The lowest BCUT2D eigenvalue weighted by Gasteiger charge is -2.72. The standard InChI is InChI=1S/C45H65NO6/c1-26(2)28-14-12-13-15-30(28)46-38(49)45-23-22-43(10)29(37(45)36(27(3)4)31(47)24-45)16-17-33-42(9)20-19-34(52-35(48)25-40(5,6)39(50)51)41(7,8)32(42)18-21-44(33,43)11/h12-15,26-27,29,32-34H,16-25H2,1-11H3,(H,46,49)(H,50,51)/t29?,32?,33?,34-,42-,43+,44+,45+/m0/s1. The van der Waals surface area contributed by atoms with Crippen LogP contribution in [-0.4, -0.2) is 34.8 Å². The molecule has 0 bridgehead atoms. The number of benzene rings is 1. The average Bonchev–Trinajstić information content (AvgIpc) is 3.36. The molecule has 0 heterocycles. The zero-order valence-corrected chi connectivity index (χ0v) is 33.8. The Kier molecular flexibility index (Phi) is 9.56. The number of ketones is 1. The van der Waals surface area contributed by atoms with Gasteiger partial charge < -0.3 is 15.2 Å². The highest BCUT2D eigenvalue weighted by molar-refractivity contribution is 6.10. The summed E-state index contributed by atoms with van der Waals surface area (Å²) in [6.45, 7) is 23.8. The molecule has 52 heavy (non-hydrogen) atoms. The summed E-state index contributed by atoms with van der Waals surface area (Å²) in [5.41, 5.74) is 1.79. The molecule has 7 nitrogen and oxygen atoms in total. The molecule has 7 heteroatoms. The monoisotopic (exact) mass is 715 g/mol. The predicted octanol–water partition coefficient (Wildman–Crippen LogP) is 10.1. The first-order chi connectivity index (χ1) is 24.1. The van der Waals surface area contributed by atoms with Gasteiger partial charge in [-0.25, -0.2) is 0 Å². The molecule has 2 N–H and O–H groups in total. The largest absolute Gasteiger partial charge is 0.481 e. The molecule has 8 atom stereocenters. The van der Waals surface area contributed by atoms with Crippen LogP contribution in [0.4, 0.5) is 5.69 Å². The Bertz CT molecular complexity index is 1690. The van der Waals surface area contributed by atoms with Crippen LogP contribution in [0.5, 0.6) is 0 Å². The fraction of sp³-hybridized carbons (Fsp3) is 0.733. The summed E-state index contributed by atoms with van der Waals surface area (Å²) >= 11 is 0. The molecular weight excluding hydrogens is 650 g/mol. The van der Waals surface area contributed by atoms with Crippen molar-refractivity contribution in [3.63, 3.8) is 0 Å². The van der Waals surface area contributed by atoms with E-state index in [1.54, 1.807) is 13.8 Å². The van der Waals surface area contributed by atoms with Crippen LogP contribution < -0.4 is 5.32 Å². The van der Waals surface area contributed by atoms with Crippen LogP contribution in [0.1, 0.15) is 152 Å². The van der Waals surface area contributed by atoms with Gasteiger partial charge in [0.05, 0.1) is 17.3 Å². The van der Waals surface area contributed by atoms with Crippen molar-refractivity contribution in [2.75, 3.05) is 5.32 Å². The van der Waals surface area contributed by atoms with E-state index in [2.05, 4.69) is 73.7 Å². The Morgan fingerprint density at radius 2 is 1.54 bits per heavy atom. The minimum Gasteiger partial charge on any atom is -0.481 e. The Hall–Kier alpha value is -2.96. The molecule has 0 aliphatic heterocycles. The highest BCUT2D eigenvalue weighted by Crippen LogP contribution is 2.76. The summed E-state index contributed by atoms with van der Waals surface area (Å²) < 4.78 is 6.16. The number of nitrogens with one attached hydrogen (secondary N) is 1. The maximum absolute atomic E-state index is 14.8. The van der Waals surface area contributed by atoms with E-state index in [0.717, 1.165) is 67.3 Å².